The fourth-order valence-electron chi connectivity index (χ4n) is 1.32. The Morgan fingerprint density at radius 2 is 2.25 bits per heavy atom. The van der Waals surface area contributed by atoms with Crippen molar-refractivity contribution in [3.05, 3.63) is 34.1 Å². The van der Waals surface area contributed by atoms with Gasteiger partial charge in [0, 0.05) is 11.0 Å². The quantitative estimate of drug-likeness (QED) is 0.829. The normalized spacial score (nSPS) is 10.2. The van der Waals surface area contributed by atoms with Crippen LogP contribution in [0.5, 0.6) is 0 Å². The monoisotopic (exact) mass is 287 g/mol. The molecule has 0 heterocycles. The van der Waals surface area contributed by atoms with Gasteiger partial charge in [0.2, 0.25) is 5.91 Å². The maximum atomic E-state index is 13.3. The Kier molecular flexibility index (Phi) is 5.46. The van der Waals surface area contributed by atoms with Crippen LogP contribution in [0.2, 0.25) is 0 Å². The topological polar surface area (TPSA) is 29.1 Å². The third kappa shape index (κ3) is 4.31. The molecule has 1 aromatic carbocycles. The van der Waals surface area contributed by atoms with Gasteiger partial charge in [-0.3, -0.25) is 4.79 Å². The lowest BCUT2D eigenvalue weighted by Gasteiger charge is -2.05. The first-order chi connectivity index (χ1) is 7.63. The van der Waals surface area contributed by atoms with E-state index in [4.69, 9.17) is 0 Å². The molecule has 0 spiro atoms. The Labute approximate surface area is 103 Å². The van der Waals surface area contributed by atoms with Crippen molar-refractivity contribution in [3.63, 3.8) is 0 Å². The maximum Gasteiger partial charge on any atom is 0.224 e. The van der Waals surface area contributed by atoms with E-state index in [1.165, 1.54) is 6.07 Å². The van der Waals surface area contributed by atoms with Gasteiger partial charge in [0.05, 0.1) is 6.42 Å². The molecule has 0 atom stereocenters. The Bertz CT molecular complexity index is 368. The highest BCUT2D eigenvalue weighted by atomic mass is 79.9. The van der Waals surface area contributed by atoms with Crippen LogP contribution < -0.4 is 5.32 Å². The van der Waals surface area contributed by atoms with Crippen LogP contribution in [0.1, 0.15) is 25.3 Å². The SMILES string of the molecule is CCCCNC(=O)Cc1cc(Br)ccc1F. The van der Waals surface area contributed by atoms with Gasteiger partial charge in [-0.15, -0.1) is 0 Å². The Morgan fingerprint density at radius 1 is 1.50 bits per heavy atom. The Hall–Kier alpha value is -0.900. The molecule has 0 aliphatic carbocycles. The second-order valence-corrected chi connectivity index (χ2v) is 4.53. The van der Waals surface area contributed by atoms with Crippen LogP contribution in [0.3, 0.4) is 0 Å². The van der Waals surface area contributed by atoms with E-state index < -0.39 is 0 Å². The number of halogens is 2. The fraction of sp³-hybridized carbons (Fsp3) is 0.417. The molecule has 1 N–H and O–H groups in total. The van der Waals surface area contributed by atoms with Crippen LogP contribution in [0.25, 0.3) is 0 Å². The lowest BCUT2D eigenvalue weighted by atomic mass is 10.1. The zero-order valence-corrected chi connectivity index (χ0v) is 10.8. The number of amides is 1. The van der Waals surface area contributed by atoms with E-state index in [9.17, 15) is 9.18 Å². The summed E-state index contributed by atoms with van der Waals surface area (Å²) in [6, 6.07) is 4.61. The number of nitrogens with one attached hydrogen (secondary N) is 1. The summed E-state index contributed by atoms with van der Waals surface area (Å²) in [7, 11) is 0. The molecule has 0 saturated heterocycles. The van der Waals surface area contributed by atoms with Crippen LogP contribution in [0.15, 0.2) is 22.7 Å². The average molecular weight is 288 g/mol. The highest BCUT2D eigenvalue weighted by Crippen LogP contribution is 2.15. The van der Waals surface area contributed by atoms with Crippen LogP contribution in [0.4, 0.5) is 4.39 Å². The molecular weight excluding hydrogens is 273 g/mol. The van der Waals surface area contributed by atoms with Crippen molar-refractivity contribution in [2.24, 2.45) is 0 Å². The summed E-state index contributed by atoms with van der Waals surface area (Å²) in [5.74, 6) is -0.473. The van der Waals surface area contributed by atoms with Gasteiger partial charge in [0.1, 0.15) is 5.82 Å². The molecule has 0 radical (unpaired) electrons. The molecule has 88 valence electrons. The molecule has 1 aromatic rings. The first-order valence-corrected chi connectivity index (χ1v) is 6.13. The van der Waals surface area contributed by atoms with Crippen molar-refractivity contribution in [1.82, 2.24) is 5.32 Å². The standard InChI is InChI=1S/C12H15BrFNO/c1-2-3-6-15-12(16)8-9-7-10(13)4-5-11(9)14/h4-5,7H,2-3,6,8H2,1H3,(H,15,16). The minimum atomic E-state index is -0.339. The van der Waals surface area contributed by atoms with Crippen LogP contribution in [0, 0.1) is 5.82 Å². The van der Waals surface area contributed by atoms with E-state index in [-0.39, 0.29) is 18.1 Å². The molecule has 2 nitrogen and oxygen atoms in total. The summed E-state index contributed by atoms with van der Waals surface area (Å²) >= 11 is 3.25. The first-order valence-electron chi connectivity index (χ1n) is 5.34. The van der Waals surface area contributed by atoms with Gasteiger partial charge in [-0.2, -0.15) is 0 Å². The van der Waals surface area contributed by atoms with E-state index in [2.05, 4.69) is 28.2 Å². The lowest BCUT2D eigenvalue weighted by Crippen LogP contribution is -2.26. The molecule has 0 aliphatic rings. The summed E-state index contributed by atoms with van der Waals surface area (Å²) in [5.41, 5.74) is 0.420. The van der Waals surface area contributed by atoms with E-state index >= 15 is 0 Å². The Balaban J connectivity index is 2.52. The van der Waals surface area contributed by atoms with Crippen molar-refractivity contribution in [2.75, 3.05) is 6.54 Å². The fourth-order valence-corrected chi connectivity index (χ4v) is 1.73. The summed E-state index contributed by atoms with van der Waals surface area (Å²) in [6.07, 6.45) is 2.08. The average Bonchev–Trinajstić information content (AvgIpc) is 2.24. The summed E-state index contributed by atoms with van der Waals surface area (Å²) in [4.78, 5) is 11.5. The van der Waals surface area contributed by atoms with Gasteiger partial charge in [-0.05, 0) is 30.2 Å². The molecule has 0 saturated carbocycles. The molecular formula is C12H15BrFNO. The number of hydrogen-bond donors (Lipinski definition) is 1. The number of rotatable bonds is 5. The molecule has 1 rings (SSSR count). The van der Waals surface area contributed by atoms with E-state index in [1.54, 1.807) is 12.1 Å². The van der Waals surface area contributed by atoms with Gasteiger partial charge in [0.25, 0.3) is 0 Å². The van der Waals surface area contributed by atoms with Crippen LogP contribution >= 0.6 is 15.9 Å². The van der Waals surface area contributed by atoms with Crippen molar-refractivity contribution < 1.29 is 9.18 Å². The largest absolute Gasteiger partial charge is 0.356 e. The summed E-state index contributed by atoms with van der Waals surface area (Å²) in [6.45, 7) is 2.71. The molecule has 1 amide bonds. The zero-order valence-electron chi connectivity index (χ0n) is 9.22. The molecule has 0 aromatic heterocycles. The van der Waals surface area contributed by atoms with Gasteiger partial charge >= 0.3 is 0 Å². The van der Waals surface area contributed by atoms with Gasteiger partial charge in [0.15, 0.2) is 0 Å². The number of hydrogen-bond acceptors (Lipinski definition) is 1. The summed E-state index contributed by atoms with van der Waals surface area (Å²) < 4.78 is 14.1. The predicted molar refractivity (Wildman–Crippen MR) is 65.7 cm³/mol. The van der Waals surface area contributed by atoms with Gasteiger partial charge < -0.3 is 5.32 Å². The molecule has 0 fully saturated rings. The number of carbonyl (C=O) groups is 1. The molecule has 0 unspecified atom stereocenters. The molecule has 4 heteroatoms. The first kappa shape index (κ1) is 13.2. The number of carbonyl (C=O) groups excluding carboxylic acids is 1. The minimum absolute atomic E-state index is 0.0922. The van der Waals surface area contributed by atoms with Gasteiger partial charge in [-0.25, -0.2) is 4.39 Å². The molecule has 16 heavy (non-hydrogen) atoms. The van der Waals surface area contributed by atoms with E-state index in [0.29, 0.717) is 12.1 Å². The highest BCUT2D eigenvalue weighted by Gasteiger charge is 2.07. The second-order valence-electron chi connectivity index (χ2n) is 3.62. The summed E-state index contributed by atoms with van der Waals surface area (Å²) in [5, 5.41) is 2.76. The molecule has 0 bridgehead atoms. The van der Waals surface area contributed by atoms with Crippen LogP contribution in [-0.4, -0.2) is 12.5 Å². The third-order valence-electron chi connectivity index (χ3n) is 2.21. The zero-order chi connectivity index (χ0) is 12.0. The van der Waals surface area contributed by atoms with E-state index in [1.807, 2.05) is 0 Å². The lowest BCUT2D eigenvalue weighted by molar-refractivity contribution is -0.120. The maximum absolute atomic E-state index is 13.3. The van der Waals surface area contributed by atoms with Crippen molar-refractivity contribution in [2.45, 2.75) is 26.2 Å². The predicted octanol–water partition coefficient (Wildman–Crippen LogP) is 3.05. The number of unbranched alkanes of at least 4 members (excludes halogenated alkanes) is 1. The third-order valence-corrected chi connectivity index (χ3v) is 2.70. The van der Waals surface area contributed by atoms with E-state index in [0.717, 1.165) is 17.3 Å². The minimum Gasteiger partial charge on any atom is -0.356 e. The van der Waals surface area contributed by atoms with Gasteiger partial charge in [-0.1, -0.05) is 29.3 Å². The smallest absolute Gasteiger partial charge is 0.224 e. The molecule has 0 aliphatic heterocycles. The van der Waals surface area contributed by atoms with Crippen LogP contribution in [-0.2, 0) is 11.2 Å². The highest BCUT2D eigenvalue weighted by molar-refractivity contribution is 9.10. The number of benzene rings is 1. The van der Waals surface area contributed by atoms with Crippen molar-refractivity contribution in [1.29, 1.82) is 0 Å². The second kappa shape index (κ2) is 6.63. The van der Waals surface area contributed by atoms with Crippen molar-refractivity contribution >= 4 is 21.8 Å². The van der Waals surface area contributed by atoms with Crippen molar-refractivity contribution in [3.8, 4) is 0 Å². The Morgan fingerprint density at radius 3 is 2.94 bits per heavy atom.